The quantitative estimate of drug-likeness (QED) is 0.844. The van der Waals surface area contributed by atoms with Crippen LogP contribution in [0.4, 0.5) is 5.69 Å². The molecule has 5 heteroatoms. The van der Waals surface area contributed by atoms with Crippen LogP contribution in [0.1, 0.15) is 49.4 Å². The van der Waals surface area contributed by atoms with Crippen LogP contribution in [-0.2, 0) is 4.79 Å². The molecule has 1 saturated heterocycles. The molecule has 0 aromatic heterocycles. The fourth-order valence-corrected chi connectivity index (χ4v) is 5.24. The number of likely N-dealkylation sites (tertiary alicyclic amines) is 1. The van der Waals surface area contributed by atoms with Crippen LogP contribution in [0.2, 0.25) is 0 Å². The Morgan fingerprint density at radius 3 is 2.83 bits per heavy atom. The van der Waals surface area contributed by atoms with Gasteiger partial charge in [-0.25, -0.2) is 0 Å². The third-order valence-corrected chi connectivity index (χ3v) is 6.91. The summed E-state index contributed by atoms with van der Waals surface area (Å²) in [5.74, 6) is 1.63. The van der Waals surface area contributed by atoms with E-state index in [4.69, 9.17) is 0 Å². The summed E-state index contributed by atoms with van der Waals surface area (Å²) in [5, 5.41) is 2.84. The fourth-order valence-electron chi connectivity index (χ4n) is 4.31. The maximum atomic E-state index is 12.9. The average Bonchev–Trinajstić information content (AvgIpc) is 2.61. The lowest BCUT2D eigenvalue weighted by molar-refractivity contribution is -0.115. The van der Waals surface area contributed by atoms with Crippen molar-refractivity contribution >= 4 is 29.3 Å². The van der Waals surface area contributed by atoms with E-state index in [1.165, 1.54) is 25.7 Å². The lowest BCUT2D eigenvalue weighted by Gasteiger charge is -2.41. The number of hydrogen-bond donors (Lipinski definition) is 1. The van der Waals surface area contributed by atoms with E-state index < -0.39 is 0 Å². The Kier molecular flexibility index (Phi) is 4.29. The van der Waals surface area contributed by atoms with Gasteiger partial charge in [-0.2, -0.15) is 0 Å². The van der Waals surface area contributed by atoms with E-state index >= 15 is 0 Å². The third kappa shape index (κ3) is 2.94. The summed E-state index contributed by atoms with van der Waals surface area (Å²) in [6.45, 7) is 3.67. The Morgan fingerprint density at radius 1 is 1.21 bits per heavy atom. The monoisotopic (exact) mass is 344 g/mol. The zero-order valence-electron chi connectivity index (χ0n) is 14.1. The van der Waals surface area contributed by atoms with Gasteiger partial charge in [0.05, 0.1) is 10.9 Å². The highest BCUT2D eigenvalue weighted by Gasteiger charge is 2.33. The maximum absolute atomic E-state index is 12.9. The van der Waals surface area contributed by atoms with Gasteiger partial charge < -0.3 is 10.2 Å². The number of hydrogen-bond acceptors (Lipinski definition) is 3. The molecule has 2 fully saturated rings. The number of rotatable bonds is 1. The molecule has 4 nitrogen and oxygen atoms in total. The smallest absolute Gasteiger partial charge is 0.253 e. The Labute approximate surface area is 147 Å². The van der Waals surface area contributed by atoms with Crippen molar-refractivity contribution < 1.29 is 9.59 Å². The zero-order valence-corrected chi connectivity index (χ0v) is 14.9. The predicted octanol–water partition coefficient (Wildman–Crippen LogP) is 3.77. The lowest BCUT2D eigenvalue weighted by atomic mass is 9.75. The number of thioether (sulfide) groups is 1. The minimum Gasteiger partial charge on any atom is -0.338 e. The average molecular weight is 344 g/mol. The van der Waals surface area contributed by atoms with Crippen molar-refractivity contribution in [3.05, 3.63) is 23.8 Å². The zero-order chi connectivity index (χ0) is 16.7. The number of nitrogens with zero attached hydrogens (tertiary/aromatic N) is 1. The number of carbonyl (C=O) groups is 2. The standard InChI is InChI=1S/C19H24N2O2S/c1-12-18(22)20-16-10-14(6-7-17(16)24-12)19(23)21-9-8-13-4-2-3-5-15(13)11-21/h6-7,10,12-13,15H,2-5,8-9,11H2,1H3,(H,20,22). The van der Waals surface area contributed by atoms with Crippen LogP contribution in [0.15, 0.2) is 23.1 Å². The summed E-state index contributed by atoms with van der Waals surface area (Å²) in [6, 6.07) is 5.73. The Balaban J connectivity index is 1.51. The first kappa shape index (κ1) is 16.0. The van der Waals surface area contributed by atoms with Gasteiger partial charge in [0.25, 0.3) is 5.91 Å². The molecule has 1 aromatic carbocycles. The van der Waals surface area contributed by atoms with Crippen molar-refractivity contribution in [2.45, 2.75) is 49.2 Å². The van der Waals surface area contributed by atoms with Crippen molar-refractivity contribution in [2.75, 3.05) is 18.4 Å². The van der Waals surface area contributed by atoms with E-state index in [-0.39, 0.29) is 17.1 Å². The molecule has 2 aliphatic heterocycles. The first-order valence-corrected chi connectivity index (χ1v) is 9.90. The molecule has 0 bridgehead atoms. The highest BCUT2D eigenvalue weighted by atomic mass is 32.2. The van der Waals surface area contributed by atoms with Gasteiger partial charge in [0.15, 0.2) is 0 Å². The van der Waals surface area contributed by atoms with Crippen molar-refractivity contribution in [3.63, 3.8) is 0 Å². The van der Waals surface area contributed by atoms with Gasteiger partial charge in [-0.3, -0.25) is 9.59 Å². The van der Waals surface area contributed by atoms with Crippen LogP contribution < -0.4 is 5.32 Å². The van der Waals surface area contributed by atoms with E-state index in [1.54, 1.807) is 11.8 Å². The lowest BCUT2D eigenvalue weighted by Crippen LogP contribution is -2.44. The first-order chi connectivity index (χ1) is 11.6. The van der Waals surface area contributed by atoms with Crippen LogP contribution in [0, 0.1) is 11.8 Å². The van der Waals surface area contributed by atoms with Gasteiger partial charge in [-0.15, -0.1) is 11.8 Å². The second kappa shape index (κ2) is 6.43. The number of amides is 2. The molecule has 1 aliphatic carbocycles. The number of fused-ring (bicyclic) bond motifs is 2. The van der Waals surface area contributed by atoms with E-state index in [2.05, 4.69) is 5.32 Å². The summed E-state index contributed by atoms with van der Waals surface area (Å²) >= 11 is 1.55. The molecule has 0 spiro atoms. The molecule has 3 unspecified atom stereocenters. The van der Waals surface area contributed by atoms with Crippen molar-refractivity contribution in [2.24, 2.45) is 11.8 Å². The highest BCUT2D eigenvalue weighted by molar-refractivity contribution is 8.00. The van der Waals surface area contributed by atoms with Crippen LogP contribution in [0.5, 0.6) is 0 Å². The number of nitrogens with one attached hydrogen (secondary N) is 1. The molecule has 24 heavy (non-hydrogen) atoms. The van der Waals surface area contributed by atoms with Gasteiger partial charge in [0.2, 0.25) is 5.91 Å². The van der Waals surface area contributed by atoms with Gasteiger partial charge in [0.1, 0.15) is 0 Å². The molecular weight excluding hydrogens is 320 g/mol. The molecule has 3 atom stereocenters. The Morgan fingerprint density at radius 2 is 2.00 bits per heavy atom. The SMILES string of the molecule is CC1Sc2ccc(C(=O)N3CCC4CCCCC4C3)cc2NC1=O. The van der Waals surface area contributed by atoms with Gasteiger partial charge >= 0.3 is 0 Å². The molecule has 1 aromatic rings. The summed E-state index contributed by atoms with van der Waals surface area (Å²) in [6.07, 6.45) is 6.42. The van der Waals surface area contributed by atoms with E-state index in [1.807, 2.05) is 30.0 Å². The molecule has 2 heterocycles. The maximum Gasteiger partial charge on any atom is 0.253 e. The van der Waals surface area contributed by atoms with Crippen molar-refractivity contribution in [3.8, 4) is 0 Å². The van der Waals surface area contributed by atoms with E-state index in [9.17, 15) is 9.59 Å². The van der Waals surface area contributed by atoms with Gasteiger partial charge in [-0.05, 0) is 49.8 Å². The highest BCUT2D eigenvalue weighted by Crippen LogP contribution is 2.38. The number of carbonyl (C=O) groups excluding carboxylic acids is 2. The van der Waals surface area contributed by atoms with Gasteiger partial charge in [0, 0.05) is 23.5 Å². The molecule has 1 N–H and O–H groups in total. The summed E-state index contributed by atoms with van der Waals surface area (Å²) < 4.78 is 0. The molecule has 128 valence electrons. The number of anilines is 1. The van der Waals surface area contributed by atoms with Crippen LogP contribution in [-0.4, -0.2) is 35.1 Å². The van der Waals surface area contributed by atoms with Crippen LogP contribution in [0.25, 0.3) is 0 Å². The normalized spacial score (nSPS) is 29.5. The predicted molar refractivity (Wildman–Crippen MR) is 96.4 cm³/mol. The van der Waals surface area contributed by atoms with Crippen molar-refractivity contribution in [1.29, 1.82) is 0 Å². The molecule has 1 saturated carbocycles. The largest absolute Gasteiger partial charge is 0.338 e. The van der Waals surface area contributed by atoms with Crippen molar-refractivity contribution in [1.82, 2.24) is 4.90 Å². The summed E-state index contributed by atoms with van der Waals surface area (Å²) in [4.78, 5) is 27.9. The molecule has 2 amide bonds. The minimum atomic E-state index is -0.0793. The molecular formula is C19H24N2O2S. The molecule has 4 rings (SSSR count). The van der Waals surface area contributed by atoms with E-state index in [0.717, 1.165) is 36.0 Å². The molecule has 3 aliphatic rings. The number of benzene rings is 1. The topological polar surface area (TPSA) is 49.4 Å². The third-order valence-electron chi connectivity index (χ3n) is 5.74. The summed E-state index contributed by atoms with van der Waals surface area (Å²) in [7, 11) is 0. The molecule has 0 radical (unpaired) electrons. The number of piperidine rings is 1. The van der Waals surface area contributed by atoms with Crippen LogP contribution in [0.3, 0.4) is 0 Å². The second-order valence-electron chi connectivity index (χ2n) is 7.30. The fraction of sp³-hybridized carbons (Fsp3) is 0.579. The second-order valence-corrected chi connectivity index (χ2v) is 8.69. The summed E-state index contributed by atoms with van der Waals surface area (Å²) in [5.41, 5.74) is 1.47. The first-order valence-electron chi connectivity index (χ1n) is 9.02. The van der Waals surface area contributed by atoms with Crippen LogP contribution >= 0.6 is 11.8 Å². The Bertz CT molecular complexity index is 675. The van der Waals surface area contributed by atoms with Gasteiger partial charge in [-0.1, -0.05) is 19.3 Å². The Hall–Kier alpha value is -1.49. The minimum absolute atomic E-state index is 0.0140. The van der Waals surface area contributed by atoms with E-state index in [0.29, 0.717) is 11.5 Å².